The molecule has 3 rings (SSSR count). The Balaban J connectivity index is 1.70. The first-order chi connectivity index (χ1) is 9.83. The van der Waals surface area contributed by atoms with Gasteiger partial charge in [0.15, 0.2) is 5.16 Å². The number of thioether (sulfide) groups is 1. The summed E-state index contributed by atoms with van der Waals surface area (Å²) in [7, 11) is 0. The summed E-state index contributed by atoms with van der Waals surface area (Å²) in [5.74, 6) is 0.846. The Labute approximate surface area is 121 Å². The molecule has 0 radical (unpaired) electrons. The summed E-state index contributed by atoms with van der Waals surface area (Å²) in [6.07, 6.45) is 2.51. The van der Waals surface area contributed by atoms with E-state index in [4.69, 9.17) is 4.74 Å². The predicted octanol–water partition coefficient (Wildman–Crippen LogP) is 1.89. The average molecular weight is 291 g/mol. The first-order valence-electron chi connectivity index (χ1n) is 6.76. The smallest absolute Gasteiger partial charge is 0.344 e. The fraction of sp³-hybridized carbons (Fsp3) is 0.429. The standard InChI is InChI=1S/C14H17N3O2S/c18-13-15-16-14(20-10-12-7-4-8-19-12)17(13)9-11-5-2-1-3-6-11/h1-3,5-6,12H,4,7-10H2,(H,15,18)/t12-/m1/s1. The third-order valence-electron chi connectivity index (χ3n) is 3.33. The number of nitrogens with zero attached hydrogens (tertiary/aromatic N) is 2. The zero-order valence-electron chi connectivity index (χ0n) is 11.1. The molecule has 1 aliphatic rings. The number of hydrogen-bond donors (Lipinski definition) is 1. The highest BCUT2D eigenvalue weighted by Gasteiger charge is 2.18. The van der Waals surface area contributed by atoms with Crippen molar-refractivity contribution in [1.29, 1.82) is 0 Å². The van der Waals surface area contributed by atoms with Crippen molar-refractivity contribution in [3.05, 3.63) is 46.4 Å². The second-order valence-electron chi connectivity index (χ2n) is 4.83. The van der Waals surface area contributed by atoms with Gasteiger partial charge in [-0.1, -0.05) is 42.1 Å². The molecule has 1 N–H and O–H groups in total. The Hall–Kier alpha value is -1.53. The Morgan fingerprint density at radius 1 is 1.40 bits per heavy atom. The minimum Gasteiger partial charge on any atom is -0.377 e. The summed E-state index contributed by atoms with van der Waals surface area (Å²) in [6, 6.07) is 9.93. The average Bonchev–Trinajstić information content (AvgIpc) is 3.10. The molecule has 1 aliphatic heterocycles. The van der Waals surface area contributed by atoms with Crippen molar-refractivity contribution in [1.82, 2.24) is 14.8 Å². The van der Waals surface area contributed by atoms with Gasteiger partial charge in [-0.15, -0.1) is 5.10 Å². The number of benzene rings is 1. The maximum atomic E-state index is 11.8. The van der Waals surface area contributed by atoms with Gasteiger partial charge in [0.05, 0.1) is 12.6 Å². The third kappa shape index (κ3) is 3.13. The molecule has 1 aromatic carbocycles. The number of nitrogens with one attached hydrogen (secondary N) is 1. The van der Waals surface area contributed by atoms with Gasteiger partial charge in [-0.3, -0.25) is 4.57 Å². The van der Waals surface area contributed by atoms with Crippen LogP contribution < -0.4 is 5.69 Å². The lowest BCUT2D eigenvalue weighted by molar-refractivity contribution is 0.129. The van der Waals surface area contributed by atoms with E-state index in [9.17, 15) is 4.79 Å². The van der Waals surface area contributed by atoms with Crippen LogP contribution >= 0.6 is 11.8 Å². The molecule has 5 nitrogen and oxygen atoms in total. The highest BCUT2D eigenvalue weighted by molar-refractivity contribution is 7.99. The van der Waals surface area contributed by atoms with Gasteiger partial charge in [0.1, 0.15) is 0 Å². The first kappa shape index (κ1) is 13.5. The van der Waals surface area contributed by atoms with Crippen LogP contribution in [0.15, 0.2) is 40.3 Å². The fourth-order valence-electron chi connectivity index (χ4n) is 2.26. The van der Waals surface area contributed by atoms with Gasteiger partial charge in [0.2, 0.25) is 0 Å². The van der Waals surface area contributed by atoms with Crippen LogP contribution in [0.25, 0.3) is 0 Å². The summed E-state index contributed by atoms with van der Waals surface area (Å²) >= 11 is 1.58. The molecule has 0 saturated carbocycles. The van der Waals surface area contributed by atoms with E-state index >= 15 is 0 Å². The largest absolute Gasteiger partial charge is 0.377 e. The molecule has 0 aliphatic carbocycles. The molecular formula is C14H17N3O2S. The number of rotatable bonds is 5. The molecule has 1 fully saturated rings. The maximum absolute atomic E-state index is 11.8. The van der Waals surface area contributed by atoms with E-state index in [0.29, 0.717) is 6.54 Å². The van der Waals surface area contributed by atoms with Gasteiger partial charge in [-0.05, 0) is 18.4 Å². The van der Waals surface area contributed by atoms with Gasteiger partial charge in [-0.25, -0.2) is 9.89 Å². The molecule has 1 atom stereocenters. The molecule has 0 spiro atoms. The van der Waals surface area contributed by atoms with Crippen LogP contribution in [-0.2, 0) is 11.3 Å². The Morgan fingerprint density at radius 2 is 2.25 bits per heavy atom. The van der Waals surface area contributed by atoms with E-state index < -0.39 is 0 Å². The monoisotopic (exact) mass is 291 g/mol. The lowest BCUT2D eigenvalue weighted by Crippen LogP contribution is -2.18. The van der Waals surface area contributed by atoms with Crippen LogP contribution in [-0.4, -0.2) is 33.2 Å². The topological polar surface area (TPSA) is 59.9 Å². The highest BCUT2D eigenvalue weighted by atomic mass is 32.2. The first-order valence-corrected chi connectivity index (χ1v) is 7.75. The number of aromatic nitrogens is 3. The normalized spacial score (nSPS) is 18.5. The summed E-state index contributed by atoms with van der Waals surface area (Å²) in [5, 5.41) is 7.37. The highest BCUT2D eigenvalue weighted by Crippen LogP contribution is 2.21. The Morgan fingerprint density at radius 3 is 3.00 bits per heavy atom. The molecule has 1 saturated heterocycles. The van der Waals surface area contributed by atoms with Crippen molar-refractivity contribution in [2.24, 2.45) is 0 Å². The summed E-state index contributed by atoms with van der Waals surface area (Å²) in [4.78, 5) is 11.8. The Kier molecular flexibility index (Phi) is 4.22. The molecule has 2 aromatic rings. The number of ether oxygens (including phenoxy) is 1. The molecule has 0 unspecified atom stereocenters. The van der Waals surface area contributed by atoms with Crippen LogP contribution in [0.4, 0.5) is 0 Å². The predicted molar refractivity (Wildman–Crippen MR) is 78.1 cm³/mol. The van der Waals surface area contributed by atoms with Crippen molar-refractivity contribution in [3.8, 4) is 0 Å². The fourth-order valence-corrected chi connectivity index (χ4v) is 3.27. The van der Waals surface area contributed by atoms with Gasteiger partial charge < -0.3 is 4.74 Å². The molecule has 106 valence electrons. The zero-order valence-corrected chi connectivity index (χ0v) is 11.9. The van der Waals surface area contributed by atoms with E-state index in [1.54, 1.807) is 16.3 Å². The zero-order chi connectivity index (χ0) is 13.8. The summed E-state index contributed by atoms with van der Waals surface area (Å²) < 4.78 is 7.27. The van der Waals surface area contributed by atoms with Gasteiger partial charge in [0.25, 0.3) is 0 Å². The third-order valence-corrected chi connectivity index (χ3v) is 4.44. The van der Waals surface area contributed by atoms with Crippen LogP contribution in [0.1, 0.15) is 18.4 Å². The lowest BCUT2D eigenvalue weighted by atomic mass is 10.2. The molecule has 0 bridgehead atoms. The van der Waals surface area contributed by atoms with E-state index in [-0.39, 0.29) is 11.8 Å². The van der Waals surface area contributed by atoms with Gasteiger partial charge >= 0.3 is 5.69 Å². The number of H-pyrrole nitrogens is 1. The van der Waals surface area contributed by atoms with Crippen LogP contribution in [0.2, 0.25) is 0 Å². The maximum Gasteiger partial charge on any atom is 0.344 e. The van der Waals surface area contributed by atoms with Crippen molar-refractivity contribution in [2.45, 2.75) is 30.6 Å². The molecule has 20 heavy (non-hydrogen) atoms. The van der Waals surface area contributed by atoms with E-state index in [1.807, 2.05) is 30.3 Å². The second kappa shape index (κ2) is 6.28. The molecule has 2 heterocycles. The minimum atomic E-state index is -0.163. The lowest BCUT2D eigenvalue weighted by Gasteiger charge is -2.09. The molecule has 6 heteroatoms. The van der Waals surface area contributed by atoms with Crippen molar-refractivity contribution >= 4 is 11.8 Å². The van der Waals surface area contributed by atoms with Crippen LogP contribution in [0, 0.1) is 0 Å². The molecule has 1 aromatic heterocycles. The van der Waals surface area contributed by atoms with E-state index in [2.05, 4.69) is 10.2 Å². The van der Waals surface area contributed by atoms with E-state index in [1.165, 1.54) is 0 Å². The summed E-state index contributed by atoms with van der Waals surface area (Å²) in [5.41, 5.74) is 0.929. The summed E-state index contributed by atoms with van der Waals surface area (Å²) in [6.45, 7) is 1.40. The molecular weight excluding hydrogens is 274 g/mol. The van der Waals surface area contributed by atoms with Gasteiger partial charge in [0, 0.05) is 12.4 Å². The van der Waals surface area contributed by atoms with Crippen molar-refractivity contribution < 1.29 is 4.74 Å². The number of hydrogen-bond acceptors (Lipinski definition) is 4. The quantitative estimate of drug-likeness (QED) is 0.855. The van der Waals surface area contributed by atoms with Crippen LogP contribution in [0.5, 0.6) is 0 Å². The SMILES string of the molecule is O=c1[nH]nc(SC[C@H]2CCCO2)n1Cc1ccccc1. The molecule has 0 amide bonds. The van der Waals surface area contributed by atoms with Crippen molar-refractivity contribution in [3.63, 3.8) is 0 Å². The number of aromatic amines is 1. The minimum absolute atomic E-state index is 0.163. The van der Waals surface area contributed by atoms with Gasteiger partial charge in [-0.2, -0.15) is 0 Å². The second-order valence-corrected chi connectivity index (χ2v) is 5.82. The van der Waals surface area contributed by atoms with Crippen LogP contribution in [0.3, 0.4) is 0 Å². The van der Waals surface area contributed by atoms with E-state index in [0.717, 1.165) is 35.9 Å². The van der Waals surface area contributed by atoms with Crippen molar-refractivity contribution in [2.75, 3.05) is 12.4 Å². The Bertz CT molecular complexity index is 602.